The molecule has 160 valence electrons. The van der Waals surface area contributed by atoms with Crippen molar-refractivity contribution in [3.63, 3.8) is 0 Å². The summed E-state index contributed by atoms with van der Waals surface area (Å²) in [7, 11) is 0. The van der Waals surface area contributed by atoms with Gasteiger partial charge >= 0.3 is 0 Å². The molecule has 1 heterocycles. The SMILES string of the molecule is CCC(C)c1ccc(NC(N)=NCc2cccc(C(=O)NCC3CCCO3)c2)cc1. The molecule has 0 spiro atoms. The molecule has 0 aliphatic carbocycles. The van der Waals surface area contributed by atoms with Gasteiger partial charge in [-0.2, -0.15) is 0 Å². The Labute approximate surface area is 178 Å². The minimum Gasteiger partial charge on any atom is -0.376 e. The highest BCUT2D eigenvalue weighted by Gasteiger charge is 2.16. The monoisotopic (exact) mass is 408 g/mol. The number of benzene rings is 2. The number of carbonyl (C=O) groups is 1. The van der Waals surface area contributed by atoms with Gasteiger partial charge in [-0.1, -0.05) is 38.1 Å². The molecule has 6 nitrogen and oxygen atoms in total. The Morgan fingerprint density at radius 3 is 2.77 bits per heavy atom. The lowest BCUT2D eigenvalue weighted by molar-refractivity contribution is 0.0857. The van der Waals surface area contributed by atoms with Crippen molar-refractivity contribution < 1.29 is 9.53 Å². The zero-order chi connectivity index (χ0) is 21.3. The van der Waals surface area contributed by atoms with Crippen LogP contribution in [0.25, 0.3) is 0 Å². The number of ether oxygens (including phenoxy) is 1. The first-order chi connectivity index (χ1) is 14.5. The van der Waals surface area contributed by atoms with E-state index in [1.807, 2.05) is 30.3 Å². The molecule has 2 aromatic carbocycles. The lowest BCUT2D eigenvalue weighted by Gasteiger charge is -2.11. The Bertz CT molecular complexity index is 858. The molecule has 1 fully saturated rings. The van der Waals surface area contributed by atoms with Crippen molar-refractivity contribution in [1.82, 2.24) is 5.32 Å². The van der Waals surface area contributed by atoms with Crippen LogP contribution in [0.15, 0.2) is 53.5 Å². The van der Waals surface area contributed by atoms with Gasteiger partial charge in [0.1, 0.15) is 0 Å². The van der Waals surface area contributed by atoms with Crippen molar-refractivity contribution in [1.29, 1.82) is 0 Å². The maximum atomic E-state index is 12.4. The number of anilines is 1. The summed E-state index contributed by atoms with van der Waals surface area (Å²) in [6.45, 7) is 6.13. The highest BCUT2D eigenvalue weighted by atomic mass is 16.5. The quantitative estimate of drug-likeness (QED) is 0.454. The van der Waals surface area contributed by atoms with Crippen LogP contribution < -0.4 is 16.4 Å². The van der Waals surface area contributed by atoms with Gasteiger partial charge in [-0.15, -0.1) is 0 Å². The van der Waals surface area contributed by atoms with Crippen LogP contribution in [-0.4, -0.2) is 31.1 Å². The zero-order valence-corrected chi connectivity index (χ0v) is 17.9. The zero-order valence-electron chi connectivity index (χ0n) is 17.9. The van der Waals surface area contributed by atoms with Crippen molar-refractivity contribution in [2.45, 2.75) is 51.7 Å². The van der Waals surface area contributed by atoms with Gasteiger partial charge in [0.15, 0.2) is 5.96 Å². The van der Waals surface area contributed by atoms with Gasteiger partial charge in [-0.3, -0.25) is 4.79 Å². The number of nitrogens with one attached hydrogen (secondary N) is 2. The van der Waals surface area contributed by atoms with Gasteiger partial charge in [0, 0.05) is 24.4 Å². The van der Waals surface area contributed by atoms with E-state index in [1.165, 1.54) is 5.56 Å². The average Bonchev–Trinajstić information content (AvgIpc) is 3.30. The van der Waals surface area contributed by atoms with Gasteiger partial charge < -0.3 is 21.1 Å². The molecular formula is C24H32N4O2. The Morgan fingerprint density at radius 2 is 2.07 bits per heavy atom. The van der Waals surface area contributed by atoms with Gasteiger partial charge in [0.25, 0.3) is 5.91 Å². The fraction of sp³-hybridized carbons (Fsp3) is 0.417. The van der Waals surface area contributed by atoms with Crippen LogP contribution in [0.1, 0.15) is 60.5 Å². The van der Waals surface area contributed by atoms with E-state index in [2.05, 4.69) is 41.6 Å². The lowest BCUT2D eigenvalue weighted by atomic mass is 9.99. The summed E-state index contributed by atoms with van der Waals surface area (Å²) in [6.07, 6.45) is 3.31. The maximum absolute atomic E-state index is 12.4. The van der Waals surface area contributed by atoms with Crippen LogP contribution in [0.4, 0.5) is 5.69 Å². The van der Waals surface area contributed by atoms with Crippen molar-refractivity contribution >= 4 is 17.6 Å². The Balaban J connectivity index is 1.53. The third kappa shape index (κ3) is 6.32. The molecule has 0 aromatic heterocycles. The highest BCUT2D eigenvalue weighted by molar-refractivity contribution is 5.94. The molecule has 0 radical (unpaired) electrons. The minimum absolute atomic E-state index is 0.0937. The van der Waals surface area contributed by atoms with Gasteiger partial charge in [-0.05, 0) is 60.6 Å². The number of nitrogens with two attached hydrogens (primary N) is 1. The lowest BCUT2D eigenvalue weighted by Crippen LogP contribution is -2.31. The molecule has 0 saturated carbocycles. The summed E-state index contributed by atoms with van der Waals surface area (Å²) < 4.78 is 5.55. The number of nitrogens with zero attached hydrogens (tertiary/aromatic N) is 1. The second-order valence-corrected chi connectivity index (χ2v) is 7.80. The van der Waals surface area contributed by atoms with E-state index in [0.717, 1.165) is 37.1 Å². The number of carbonyl (C=O) groups excluding carboxylic acids is 1. The summed E-state index contributed by atoms with van der Waals surface area (Å²) in [5.74, 6) is 0.795. The molecule has 0 bridgehead atoms. The molecule has 1 aliphatic rings. The number of aliphatic imine (C=N–C) groups is 1. The molecule has 2 unspecified atom stereocenters. The molecule has 2 atom stereocenters. The first-order valence-electron chi connectivity index (χ1n) is 10.7. The third-order valence-corrected chi connectivity index (χ3v) is 5.50. The number of guanidine groups is 1. The largest absolute Gasteiger partial charge is 0.376 e. The second-order valence-electron chi connectivity index (χ2n) is 7.80. The minimum atomic E-state index is -0.0937. The van der Waals surface area contributed by atoms with Crippen molar-refractivity contribution in [2.24, 2.45) is 10.7 Å². The number of rotatable bonds is 8. The van der Waals surface area contributed by atoms with Crippen molar-refractivity contribution in [3.8, 4) is 0 Å². The van der Waals surface area contributed by atoms with Crippen molar-refractivity contribution in [3.05, 3.63) is 65.2 Å². The van der Waals surface area contributed by atoms with Gasteiger partial charge in [0.05, 0.1) is 12.6 Å². The van der Waals surface area contributed by atoms with Crippen LogP contribution in [0.2, 0.25) is 0 Å². The van der Waals surface area contributed by atoms with E-state index < -0.39 is 0 Å². The average molecular weight is 409 g/mol. The predicted octanol–water partition coefficient (Wildman–Crippen LogP) is 4.04. The fourth-order valence-electron chi connectivity index (χ4n) is 3.42. The maximum Gasteiger partial charge on any atom is 0.251 e. The standard InChI is InChI=1S/C24H32N4O2/c1-3-17(2)19-9-11-21(12-10-19)28-24(25)27-15-18-6-4-7-20(14-18)23(29)26-16-22-8-5-13-30-22/h4,6-7,9-12,14,17,22H,3,5,8,13,15-16H2,1-2H3,(H,26,29)(H3,25,27,28). The summed E-state index contributed by atoms with van der Waals surface area (Å²) in [6, 6.07) is 15.7. The molecule has 1 aliphatic heterocycles. The molecule has 2 aromatic rings. The van der Waals surface area contributed by atoms with Crippen LogP contribution in [0, 0.1) is 0 Å². The second kappa shape index (κ2) is 10.8. The van der Waals surface area contributed by atoms with Crippen LogP contribution in [0.3, 0.4) is 0 Å². The number of hydrogen-bond acceptors (Lipinski definition) is 3. The Kier molecular flexibility index (Phi) is 7.85. The fourth-order valence-corrected chi connectivity index (χ4v) is 3.42. The molecule has 6 heteroatoms. The van der Waals surface area contributed by atoms with Crippen LogP contribution in [0.5, 0.6) is 0 Å². The number of amides is 1. The normalized spacial score (nSPS) is 17.5. The van der Waals surface area contributed by atoms with Gasteiger partial charge in [0.2, 0.25) is 0 Å². The van der Waals surface area contributed by atoms with E-state index in [9.17, 15) is 4.79 Å². The molecule has 1 amide bonds. The number of hydrogen-bond donors (Lipinski definition) is 3. The molecule has 30 heavy (non-hydrogen) atoms. The topological polar surface area (TPSA) is 88.7 Å². The van der Waals surface area contributed by atoms with Crippen LogP contribution >= 0.6 is 0 Å². The summed E-state index contributed by atoms with van der Waals surface area (Å²) in [5, 5.41) is 6.07. The summed E-state index contributed by atoms with van der Waals surface area (Å²) in [5.41, 5.74) is 9.81. The smallest absolute Gasteiger partial charge is 0.251 e. The van der Waals surface area contributed by atoms with Crippen LogP contribution in [-0.2, 0) is 11.3 Å². The Hall–Kier alpha value is -2.86. The summed E-state index contributed by atoms with van der Waals surface area (Å²) in [4.78, 5) is 16.8. The Morgan fingerprint density at radius 1 is 1.27 bits per heavy atom. The van der Waals surface area contributed by atoms with E-state index in [1.54, 1.807) is 6.07 Å². The summed E-state index contributed by atoms with van der Waals surface area (Å²) >= 11 is 0. The van der Waals surface area contributed by atoms with E-state index in [0.29, 0.717) is 30.5 Å². The predicted molar refractivity (Wildman–Crippen MR) is 122 cm³/mol. The first-order valence-corrected chi connectivity index (χ1v) is 10.7. The molecule has 4 N–H and O–H groups in total. The van der Waals surface area contributed by atoms with Gasteiger partial charge in [-0.25, -0.2) is 4.99 Å². The van der Waals surface area contributed by atoms with Crippen molar-refractivity contribution in [2.75, 3.05) is 18.5 Å². The highest BCUT2D eigenvalue weighted by Crippen LogP contribution is 2.20. The van der Waals surface area contributed by atoms with E-state index in [4.69, 9.17) is 10.5 Å². The first kappa shape index (κ1) is 21.8. The molecule has 3 rings (SSSR count). The molecule has 1 saturated heterocycles. The molecular weight excluding hydrogens is 376 g/mol. The third-order valence-electron chi connectivity index (χ3n) is 5.50. The van der Waals surface area contributed by atoms with E-state index >= 15 is 0 Å². The van der Waals surface area contributed by atoms with E-state index in [-0.39, 0.29) is 12.0 Å².